The van der Waals surface area contributed by atoms with Crippen molar-refractivity contribution in [1.82, 2.24) is 10.2 Å². The number of hydrogen-bond acceptors (Lipinski definition) is 2. The van der Waals surface area contributed by atoms with Crippen LogP contribution in [0, 0.1) is 5.41 Å². The van der Waals surface area contributed by atoms with Crippen LogP contribution in [0.3, 0.4) is 0 Å². The van der Waals surface area contributed by atoms with Gasteiger partial charge >= 0.3 is 0 Å². The summed E-state index contributed by atoms with van der Waals surface area (Å²) in [6.07, 6.45) is 3.90. The second-order valence-electron chi connectivity index (χ2n) is 6.89. The van der Waals surface area contributed by atoms with Gasteiger partial charge in [-0.05, 0) is 45.6 Å². The SMILES string of the molecule is CC(CCC(C)(C)C)NC1CC(C)N(C)C1. The van der Waals surface area contributed by atoms with Crippen molar-refractivity contribution in [3.8, 4) is 0 Å². The minimum atomic E-state index is 0.468. The standard InChI is InChI=1S/C14H30N2/c1-11(7-8-14(3,4)5)15-13-9-12(2)16(6)10-13/h11-13,15H,7-10H2,1-6H3. The molecule has 1 N–H and O–H groups in total. The Kier molecular flexibility index (Phi) is 4.81. The topological polar surface area (TPSA) is 15.3 Å². The van der Waals surface area contributed by atoms with E-state index in [-0.39, 0.29) is 0 Å². The highest BCUT2D eigenvalue weighted by Gasteiger charge is 2.26. The lowest BCUT2D eigenvalue weighted by Crippen LogP contribution is -2.38. The molecule has 1 saturated heterocycles. The first-order valence-corrected chi connectivity index (χ1v) is 6.74. The summed E-state index contributed by atoms with van der Waals surface area (Å²) >= 11 is 0. The number of nitrogens with zero attached hydrogens (tertiary/aromatic N) is 1. The maximum absolute atomic E-state index is 3.77. The van der Waals surface area contributed by atoms with Gasteiger partial charge in [-0.15, -0.1) is 0 Å². The van der Waals surface area contributed by atoms with Crippen LogP contribution in [-0.4, -0.2) is 36.6 Å². The number of nitrogens with one attached hydrogen (secondary N) is 1. The number of rotatable bonds is 4. The minimum Gasteiger partial charge on any atom is -0.310 e. The lowest BCUT2D eigenvalue weighted by atomic mass is 9.89. The predicted molar refractivity (Wildman–Crippen MR) is 71.8 cm³/mol. The Morgan fingerprint density at radius 1 is 1.38 bits per heavy atom. The van der Waals surface area contributed by atoms with Crippen LogP contribution in [0.4, 0.5) is 0 Å². The fourth-order valence-corrected chi connectivity index (χ4v) is 2.45. The highest BCUT2D eigenvalue weighted by atomic mass is 15.2. The van der Waals surface area contributed by atoms with Gasteiger partial charge in [-0.25, -0.2) is 0 Å². The van der Waals surface area contributed by atoms with Gasteiger partial charge in [-0.1, -0.05) is 20.8 Å². The molecule has 2 heteroatoms. The molecule has 2 nitrogen and oxygen atoms in total. The van der Waals surface area contributed by atoms with Crippen LogP contribution in [0.2, 0.25) is 0 Å². The number of likely N-dealkylation sites (N-methyl/N-ethyl adjacent to an activating group) is 1. The Bertz CT molecular complexity index is 197. The van der Waals surface area contributed by atoms with Crippen LogP contribution in [0.15, 0.2) is 0 Å². The van der Waals surface area contributed by atoms with Gasteiger partial charge in [-0.3, -0.25) is 0 Å². The van der Waals surface area contributed by atoms with E-state index in [4.69, 9.17) is 0 Å². The Morgan fingerprint density at radius 3 is 2.44 bits per heavy atom. The Labute approximate surface area is 102 Å². The molecule has 0 saturated carbocycles. The number of likely N-dealkylation sites (tertiary alicyclic amines) is 1. The van der Waals surface area contributed by atoms with Gasteiger partial charge in [0.15, 0.2) is 0 Å². The molecular weight excluding hydrogens is 196 g/mol. The van der Waals surface area contributed by atoms with E-state index in [0.717, 1.165) is 6.04 Å². The van der Waals surface area contributed by atoms with Crippen molar-refractivity contribution >= 4 is 0 Å². The molecule has 0 aliphatic carbocycles. The zero-order valence-corrected chi connectivity index (χ0v) is 12.0. The number of hydrogen-bond donors (Lipinski definition) is 1. The summed E-state index contributed by atoms with van der Waals surface area (Å²) in [5, 5.41) is 3.77. The van der Waals surface area contributed by atoms with Gasteiger partial charge < -0.3 is 10.2 Å². The molecule has 1 aliphatic heterocycles. The first-order chi connectivity index (χ1) is 7.28. The average molecular weight is 226 g/mol. The molecule has 1 fully saturated rings. The molecule has 1 rings (SSSR count). The van der Waals surface area contributed by atoms with Gasteiger partial charge in [0, 0.05) is 24.7 Å². The van der Waals surface area contributed by atoms with Gasteiger partial charge in [0.25, 0.3) is 0 Å². The molecule has 1 heterocycles. The molecule has 0 aromatic carbocycles. The third-order valence-corrected chi connectivity index (χ3v) is 3.73. The predicted octanol–water partition coefficient (Wildman–Crippen LogP) is 2.88. The van der Waals surface area contributed by atoms with E-state index in [1.165, 1.54) is 25.8 Å². The molecular formula is C14H30N2. The van der Waals surface area contributed by atoms with Crippen molar-refractivity contribution in [3.63, 3.8) is 0 Å². The van der Waals surface area contributed by atoms with Gasteiger partial charge in [0.05, 0.1) is 0 Å². The lowest BCUT2D eigenvalue weighted by Gasteiger charge is -2.24. The molecule has 96 valence electrons. The van der Waals surface area contributed by atoms with Crippen LogP contribution in [0.1, 0.15) is 53.9 Å². The molecule has 0 amide bonds. The fourth-order valence-electron chi connectivity index (χ4n) is 2.45. The molecule has 16 heavy (non-hydrogen) atoms. The molecule has 0 radical (unpaired) electrons. The summed E-state index contributed by atoms with van der Waals surface area (Å²) in [6, 6.07) is 2.10. The second-order valence-corrected chi connectivity index (χ2v) is 6.89. The van der Waals surface area contributed by atoms with Crippen LogP contribution >= 0.6 is 0 Å². The second kappa shape index (κ2) is 5.50. The van der Waals surface area contributed by atoms with E-state index in [1.807, 2.05) is 0 Å². The molecule has 0 aromatic rings. The van der Waals surface area contributed by atoms with E-state index >= 15 is 0 Å². The maximum atomic E-state index is 3.77. The van der Waals surface area contributed by atoms with Gasteiger partial charge in [0.2, 0.25) is 0 Å². The van der Waals surface area contributed by atoms with Crippen molar-refractivity contribution in [2.45, 2.75) is 72.0 Å². The van der Waals surface area contributed by atoms with E-state index < -0.39 is 0 Å². The van der Waals surface area contributed by atoms with Crippen LogP contribution in [-0.2, 0) is 0 Å². The molecule has 0 spiro atoms. The fraction of sp³-hybridized carbons (Fsp3) is 1.00. The Hall–Kier alpha value is -0.0800. The first kappa shape index (κ1) is 14.0. The Balaban J connectivity index is 2.22. The minimum absolute atomic E-state index is 0.468. The van der Waals surface area contributed by atoms with Crippen molar-refractivity contribution < 1.29 is 0 Å². The van der Waals surface area contributed by atoms with E-state index in [9.17, 15) is 0 Å². The summed E-state index contributed by atoms with van der Waals surface area (Å²) in [5.41, 5.74) is 0.468. The van der Waals surface area contributed by atoms with Gasteiger partial charge in [0.1, 0.15) is 0 Å². The zero-order chi connectivity index (χ0) is 12.3. The molecule has 0 bridgehead atoms. The Morgan fingerprint density at radius 2 is 2.00 bits per heavy atom. The summed E-state index contributed by atoms with van der Waals surface area (Å²) < 4.78 is 0. The third kappa shape index (κ3) is 4.84. The van der Waals surface area contributed by atoms with Gasteiger partial charge in [-0.2, -0.15) is 0 Å². The van der Waals surface area contributed by atoms with Crippen LogP contribution < -0.4 is 5.32 Å². The molecule has 3 unspecified atom stereocenters. The summed E-state index contributed by atoms with van der Waals surface area (Å²) in [4.78, 5) is 2.45. The molecule has 1 aliphatic rings. The van der Waals surface area contributed by atoms with E-state index in [1.54, 1.807) is 0 Å². The van der Waals surface area contributed by atoms with Crippen LogP contribution in [0.25, 0.3) is 0 Å². The van der Waals surface area contributed by atoms with E-state index in [2.05, 4.69) is 51.9 Å². The van der Waals surface area contributed by atoms with Crippen molar-refractivity contribution in [2.24, 2.45) is 5.41 Å². The van der Waals surface area contributed by atoms with E-state index in [0.29, 0.717) is 17.5 Å². The summed E-state index contributed by atoms with van der Waals surface area (Å²) in [6.45, 7) is 12.8. The summed E-state index contributed by atoms with van der Waals surface area (Å²) in [5.74, 6) is 0. The zero-order valence-electron chi connectivity index (χ0n) is 12.0. The smallest absolute Gasteiger partial charge is 0.0212 e. The molecule has 0 aromatic heterocycles. The molecule has 3 atom stereocenters. The van der Waals surface area contributed by atoms with Crippen molar-refractivity contribution in [1.29, 1.82) is 0 Å². The largest absolute Gasteiger partial charge is 0.310 e. The normalized spacial score (nSPS) is 29.6. The third-order valence-electron chi connectivity index (χ3n) is 3.73. The van der Waals surface area contributed by atoms with Crippen molar-refractivity contribution in [2.75, 3.05) is 13.6 Å². The summed E-state index contributed by atoms with van der Waals surface area (Å²) in [7, 11) is 2.23. The first-order valence-electron chi connectivity index (χ1n) is 6.74. The van der Waals surface area contributed by atoms with Crippen molar-refractivity contribution in [3.05, 3.63) is 0 Å². The highest BCUT2D eigenvalue weighted by molar-refractivity contribution is 4.86. The lowest BCUT2D eigenvalue weighted by molar-refractivity contribution is 0.312. The quantitative estimate of drug-likeness (QED) is 0.793. The van der Waals surface area contributed by atoms with Crippen LogP contribution in [0.5, 0.6) is 0 Å². The highest BCUT2D eigenvalue weighted by Crippen LogP contribution is 2.22. The average Bonchev–Trinajstić information content (AvgIpc) is 2.41. The maximum Gasteiger partial charge on any atom is 0.0212 e. The monoisotopic (exact) mass is 226 g/mol.